The summed E-state index contributed by atoms with van der Waals surface area (Å²) in [5.74, 6) is 1.47. The highest BCUT2D eigenvalue weighted by molar-refractivity contribution is 5.87. The average molecular weight is 722 g/mol. The molecule has 8 nitrogen and oxygen atoms in total. The lowest BCUT2D eigenvalue weighted by Crippen LogP contribution is -2.30. The number of carbonyl (C=O) groups excluding carboxylic acids is 3. The molecule has 3 aromatic carbocycles. The predicted octanol–water partition coefficient (Wildman–Crippen LogP) is 10.4. The summed E-state index contributed by atoms with van der Waals surface area (Å²) in [5, 5.41) is 8.01. The van der Waals surface area contributed by atoms with Crippen LogP contribution in [0.15, 0.2) is 79.4 Å². The summed E-state index contributed by atoms with van der Waals surface area (Å²) in [4.78, 5) is 37.2. The van der Waals surface area contributed by atoms with Crippen LogP contribution in [-0.4, -0.2) is 37.3 Å². The van der Waals surface area contributed by atoms with Crippen LogP contribution in [0, 0.1) is 23.2 Å². The van der Waals surface area contributed by atoms with Gasteiger partial charge in [-0.25, -0.2) is 4.79 Å². The summed E-state index contributed by atoms with van der Waals surface area (Å²) < 4.78 is 22.2. The largest absolute Gasteiger partial charge is 0.494 e. The van der Waals surface area contributed by atoms with Crippen molar-refractivity contribution in [3.05, 3.63) is 90.5 Å². The Morgan fingerprint density at radius 2 is 1.32 bits per heavy atom. The van der Waals surface area contributed by atoms with Gasteiger partial charge in [-0.3, -0.25) is 9.59 Å². The van der Waals surface area contributed by atoms with Crippen LogP contribution in [0.4, 0.5) is 0 Å². The molecule has 3 aromatic rings. The van der Waals surface area contributed by atoms with E-state index in [9.17, 15) is 14.4 Å². The van der Waals surface area contributed by atoms with Crippen LogP contribution >= 0.6 is 0 Å². The fourth-order valence-corrected chi connectivity index (χ4v) is 7.61. The van der Waals surface area contributed by atoms with Crippen molar-refractivity contribution in [3.8, 4) is 28.4 Å². The second kappa shape index (κ2) is 20.5. The number of nitrogens with one attached hydrogen (secondary N) is 1. The average Bonchev–Trinajstić information content (AvgIpc) is 3.20. The second-order valence-corrected chi connectivity index (χ2v) is 14.5. The molecular formula is C45H55NO7. The number of ether oxygens (including phenoxy) is 4. The Kier molecular flexibility index (Phi) is 15.3. The molecule has 282 valence electrons. The van der Waals surface area contributed by atoms with Crippen LogP contribution < -0.4 is 14.2 Å². The summed E-state index contributed by atoms with van der Waals surface area (Å²) in [6.07, 6.45) is 16.0. The molecule has 8 heteroatoms. The van der Waals surface area contributed by atoms with Gasteiger partial charge in [-0.15, -0.1) is 0 Å². The monoisotopic (exact) mass is 721 g/mol. The number of hydrogen-bond donors (Lipinski definition) is 1. The van der Waals surface area contributed by atoms with Crippen molar-refractivity contribution < 1.29 is 33.3 Å². The molecule has 0 heterocycles. The highest BCUT2D eigenvalue weighted by Gasteiger charge is 2.32. The Bertz CT molecular complexity index is 1650. The molecule has 2 aliphatic rings. The highest BCUT2D eigenvalue weighted by Crippen LogP contribution is 2.38. The Morgan fingerprint density at radius 1 is 0.717 bits per heavy atom. The van der Waals surface area contributed by atoms with Crippen LogP contribution in [0.3, 0.4) is 0 Å². The number of carbonyl (C=O) groups is 3. The molecule has 5 rings (SSSR count). The summed E-state index contributed by atoms with van der Waals surface area (Å²) in [7, 11) is 0. The van der Waals surface area contributed by atoms with Crippen LogP contribution in [0.25, 0.3) is 11.1 Å². The van der Waals surface area contributed by atoms with Gasteiger partial charge < -0.3 is 24.4 Å². The molecule has 0 bridgehead atoms. The summed E-state index contributed by atoms with van der Waals surface area (Å²) in [6.45, 7) is 6.63. The molecule has 0 unspecified atom stereocenters. The zero-order valence-electron chi connectivity index (χ0n) is 31.2. The van der Waals surface area contributed by atoms with E-state index in [0.717, 1.165) is 42.7 Å². The molecule has 0 amide bonds. The van der Waals surface area contributed by atoms with Crippen molar-refractivity contribution in [2.45, 2.75) is 103 Å². The van der Waals surface area contributed by atoms with E-state index < -0.39 is 5.97 Å². The van der Waals surface area contributed by atoms with Gasteiger partial charge in [0.2, 0.25) is 0 Å². The van der Waals surface area contributed by atoms with Gasteiger partial charge in [0.25, 0.3) is 0 Å². The van der Waals surface area contributed by atoms with E-state index in [2.05, 4.69) is 37.8 Å². The third kappa shape index (κ3) is 11.9. The van der Waals surface area contributed by atoms with E-state index in [4.69, 9.17) is 24.4 Å². The van der Waals surface area contributed by atoms with E-state index in [1.807, 2.05) is 12.1 Å². The molecule has 0 aliphatic heterocycles. The Hall–Kier alpha value is -4.72. The topological polar surface area (TPSA) is 112 Å². The van der Waals surface area contributed by atoms with Crippen LogP contribution in [-0.2, 0) is 19.1 Å². The molecule has 0 aromatic heterocycles. The van der Waals surface area contributed by atoms with E-state index in [1.54, 1.807) is 30.3 Å². The lowest BCUT2D eigenvalue weighted by molar-refractivity contribution is -0.145. The molecule has 2 saturated carbocycles. The second-order valence-electron chi connectivity index (χ2n) is 14.5. The maximum absolute atomic E-state index is 13.2. The molecule has 0 spiro atoms. The Labute approximate surface area is 314 Å². The van der Waals surface area contributed by atoms with Crippen molar-refractivity contribution >= 4 is 24.1 Å². The van der Waals surface area contributed by atoms with Crippen molar-refractivity contribution in [1.29, 1.82) is 5.41 Å². The van der Waals surface area contributed by atoms with Gasteiger partial charge in [-0.2, -0.15) is 0 Å². The van der Waals surface area contributed by atoms with Crippen molar-refractivity contribution in [3.63, 3.8) is 0 Å². The first-order valence-electron chi connectivity index (χ1n) is 19.6. The van der Waals surface area contributed by atoms with Gasteiger partial charge in [-0.05, 0) is 142 Å². The Balaban J connectivity index is 1.02. The first kappa shape index (κ1) is 39.5. The van der Waals surface area contributed by atoms with Gasteiger partial charge in [0.05, 0.1) is 25.0 Å². The van der Waals surface area contributed by atoms with E-state index in [1.165, 1.54) is 56.4 Å². The molecule has 2 aliphatic carbocycles. The summed E-state index contributed by atoms with van der Waals surface area (Å²) in [5.41, 5.74) is 4.03. The standard InChI is InChI=1S/C45H55NO7/c1-3-9-32-10-12-33(13-11-32)34-14-16-35(17-15-34)38-22-27-42(39(30-38)31-46)53-45(49)37-20-18-36(19-21-37)44(48)52-41-25-23-40(24-26-41)50-28-7-5-6-8-29-51-43(47)4-2/h4,14-17,22-27,30-33,36-37,46H,2-3,5-13,18-21,28-29H2,1H3. The van der Waals surface area contributed by atoms with E-state index in [-0.39, 0.29) is 23.8 Å². The van der Waals surface area contributed by atoms with E-state index >= 15 is 0 Å². The quantitative estimate of drug-likeness (QED) is 0.0457. The SMILES string of the molecule is C=CC(=O)OCCCCCCOc1ccc(OC(=O)C2CCC(C(=O)Oc3ccc(-c4ccc(C5CCC(CCC)CC5)cc4)cc3C=N)CC2)cc1. The number of unbranched alkanes of at least 4 members (excludes halogenated alkanes) is 3. The lowest BCUT2D eigenvalue weighted by Gasteiger charge is -2.28. The fourth-order valence-electron chi connectivity index (χ4n) is 7.61. The zero-order valence-corrected chi connectivity index (χ0v) is 31.2. The predicted molar refractivity (Wildman–Crippen MR) is 208 cm³/mol. The van der Waals surface area contributed by atoms with Crippen molar-refractivity contribution in [1.82, 2.24) is 0 Å². The molecule has 53 heavy (non-hydrogen) atoms. The minimum absolute atomic E-state index is 0.283. The zero-order chi connectivity index (χ0) is 37.4. The number of esters is 3. The fraction of sp³-hybridized carbons (Fsp3) is 0.467. The van der Waals surface area contributed by atoms with Gasteiger partial charge in [0, 0.05) is 17.9 Å². The first-order chi connectivity index (χ1) is 25.9. The molecule has 1 N–H and O–H groups in total. The van der Waals surface area contributed by atoms with Gasteiger partial charge in [0.15, 0.2) is 0 Å². The number of hydrogen-bond acceptors (Lipinski definition) is 8. The van der Waals surface area contributed by atoms with Crippen LogP contribution in [0.1, 0.15) is 114 Å². The maximum atomic E-state index is 13.2. The van der Waals surface area contributed by atoms with E-state index in [0.29, 0.717) is 67.6 Å². The Morgan fingerprint density at radius 3 is 1.94 bits per heavy atom. The third-order valence-corrected chi connectivity index (χ3v) is 10.8. The van der Waals surface area contributed by atoms with Gasteiger partial charge in [0.1, 0.15) is 17.2 Å². The molecule has 2 fully saturated rings. The molecule has 0 radical (unpaired) electrons. The third-order valence-electron chi connectivity index (χ3n) is 10.8. The van der Waals surface area contributed by atoms with Crippen molar-refractivity contribution in [2.24, 2.45) is 17.8 Å². The van der Waals surface area contributed by atoms with Gasteiger partial charge >= 0.3 is 17.9 Å². The van der Waals surface area contributed by atoms with Crippen molar-refractivity contribution in [2.75, 3.05) is 13.2 Å². The normalized spacial score (nSPS) is 19.8. The molecule has 0 saturated heterocycles. The van der Waals surface area contributed by atoms with Crippen LogP contribution in [0.5, 0.6) is 17.2 Å². The molecular weight excluding hydrogens is 666 g/mol. The molecule has 0 atom stereocenters. The smallest absolute Gasteiger partial charge is 0.330 e. The number of benzene rings is 3. The lowest BCUT2D eigenvalue weighted by atomic mass is 9.77. The maximum Gasteiger partial charge on any atom is 0.330 e. The first-order valence-corrected chi connectivity index (χ1v) is 19.6. The number of rotatable bonds is 18. The minimum atomic E-state index is -0.393. The van der Waals surface area contributed by atoms with Gasteiger partial charge in [-0.1, -0.05) is 56.7 Å². The highest BCUT2D eigenvalue weighted by atomic mass is 16.5. The van der Waals surface area contributed by atoms with Crippen LogP contribution in [0.2, 0.25) is 0 Å². The minimum Gasteiger partial charge on any atom is -0.494 e. The summed E-state index contributed by atoms with van der Waals surface area (Å²) >= 11 is 0. The summed E-state index contributed by atoms with van der Waals surface area (Å²) in [6, 6.07) is 21.5.